The lowest BCUT2D eigenvalue weighted by molar-refractivity contribution is 0.267. The maximum Gasteiger partial charge on any atom is 0.128 e. The average Bonchev–Trinajstić information content (AvgIpc) is 2.29. The number of ether oxygens (including phenoxy) is 2. The Morgan fingerprint density at radius 2 is 2.20 bits per heavy atom. The van der Waals surface area contributed by atoms with E-state index in [4.69, 9.17) is 14.6 Å². The Bertz CT molecular complexity index is 302. The van der Waals surface area contributed by atoms with E-state index in [9.17, 15) is 0 Å². The van der Waals surface area contributed by atoms with Crippen molar-refractivity contribution in [2.24, 2.45) is 0 Å². The summed E-state index contributed by atoms with van der Waals surface area (Å²) in [6.07, 6.45) is 2.03. The average molecular weight is 228 g/mol. The van der Waals surface area contributed by atoms with Gasteiger partial charge in [-0.15, -0.1) is 0 Å². The molecule has 0 radical (unpaired) electrons. The number of rotatable bonds is 6. The minimum absolute atomic E-state index is 0.0153. The minimum atomic E-state index is -0.0153. The van der Waals surface area contributed by atoms with E-state index in [0.717, 1.165) is 17.1 Å². The number of aliphatic hydroxyl groups excluding tert-OH is 1. The van der Waals surface area contributed by atoms with Gasteiger partial charge in [0.15, 0.2) is 0 Å². The van der Waals surface area contributed by atoms with Crippen LogP contribution in [0.5, 0.6) is 11.5 Å². The Balaban J connectivity index is 2.72. The monoisotopic (exact) mass is 228 g/mol. The highest BCUT2D eigenvalue weighted by molar-refractivity contribution is 7.98. The van der Waals surface area contributed by atoms with Crippen LogP contribution in [0.15, 0.2) is 18.2 Å². The van der Waals surface area contributed by atoms with Crippen LogP contribution in [0, 0.1) is 0 Å². The number of hydrogen-bond donors (Lipinski definition) is 1. The van der Waals surface area contributed by atoms with Crippen LogP contribution in [-0.2, 0) is 6.61 Å². The van der Waals surface area contributed by atoms with Crippen molar-refractivity contribution >= 4 is 11.8 Å². The molecule has 0 saturated heterocycles. The highest BCUT2D eigenvalue weighted by Crippen LogP contribution is 2.24. The van der Waals surface area contributed by atoms with Crippen molar-refractivity contribution in [2.75, 3.05) is 25.7 Å². The molecule has 0 atom stereocenters. The van der Waals surface area contributed by atoms with Crippen LogP contribution in [-0.4, -0.2) is 30.8 Å². The second-order valence-corrected chi connectivity index (χ2v) is 3.96. The van der Waals surface area contributed by atoms with Gasteiger partial charge in [0, 0.05) is 17.4 Å². The standard InChI is InChI=1S/C11H16O3S/c1-13-10-4-3-9(8-12)11(7-10)14-5-6-15-2/h3-4,7,12H,5-6,8H2,1-2H3. The first-order valence-electron chi connectivity index (χ1n) is 4.71. The molecule has 0 aromatic heterocycles. The number of thioether (sulfide) groups is 1. The molecule has 0 fully saturated rings. The fourth-order valence-corrected chi connectivity index (χ4v) is 1.41. The summed E-state index contributed by atoms with van der Waals surface area (Å²) in [6.45, 7) is 0.625. The van der Waals surface area contributed by atoms with Crippen LogP contribution in [0.2, 0.25) is 0 Å². The topological polar surface area (TPSA) is 38.7 Å². The van der Waals surface area contributed by atoms with Crippen molar-refractivity contribution in [1.29, 1.82) is 0 Å². The van der Waals surface area contributed by atoms with Crippen molar-refractivity contribution in [3.8, 4) is 11.5 Å². The van der Waals surface area contributed by atoms with E-state index >= 15 is 0 Å². The molecule has 1 N–H and O–H groups in total. The first kappa shape index (κ1) is 12.2. The van der Waals surface area contributed by atoms with Crippen molar-refractivity contribution in [3.63, 3.8) is 0 Å². The molecule has 84 valence electrons. The lowest BCUT2D eigenvalue weighted by Crippen LogP contribution is -2.02. The van der Waals surface area contributed by atoms with Gasteiger partial charge in [-0.05, 0) is 18.4 Å². The van der Waals surface area contributed by atoms with Gasteiger partial charge in [-0.2, -0.15) is 11.8 Å². The molecule has 15 heavy (non-hydrogen) atoms. The number of methoxy groups -OCH3 is 1. The van der Waals surface area contributed by atoms with E-state index < -0.39 is 0 Å². The molecule has 0 spiro atoms. The van der Waals surface area contributed by atoms with Gasteiger partial charge in [0.2, 0.25) is 0 Å². The van der Waals surface area contributed by atoms with Gasteiger partial charge in [0.25, 0.3) is 0 Å². The van der Waals surface area contributed by atoms with Crippen LogP contribution in [0.1, 0.15) is 5.56 Å². The third-order valence-corrected chi connectivity index (χ3v) is 2.56. The molecule has 1 rings (SSSR count). The van der Waals surface area contributed by atoms with Crippen molar-refractivity contribution in [1.82, 2.24) is 0 Å². The van der Waals surface area contributed by atoms with E-state index in [1.165, 1.54) is 0 Å². The zero-order valence-corrected chi connectivity index (χ0v) is 9.84. The molecule has 0 aliphatic heterocycles. The van der Waals surface area contributed by atoms with E-state index in [-0.39, 0.29) is 6.61 Å². The third kappa shape index (κ3) is 3.64. The Hall–Kier alpha value is -0.870. The molecule has 0 amide bonds. The van der Waals surface area contributed by atoms with Crippen molar-refractivity contribution in [3.05, 3.63) is 23.8 Å². The van der Waals surface area contributed by atoms with Gasteiger partial charge >= 0.3 is 0 Å². The Labute approximate surface area is 94.4 Å². The summed E-state index contributed by atoms with van der Waals surface area (Å²) in [7, 11) is 1.61. The Morgan fingerprint density at radius 3 is 2.80 bits per heavy atom. The molecule has 0 unspecified atom stereocenters. The molecular weight excluding hydrogens is 212 g/mol. The predicted octanol–water partition coefficient (Wildman–Crippen LogP) is 1.93. The quantitative estimate of drug-likeness (QED) is 0.755. The van der Waals surface area contributed by atoms with Crippen LogP contribution >= 0.6 is 11.8 Å². The first-order valence-corrected chi connectivity index (χ1v) is 6.10. The summed E-state index contributed by atoms with van der Waals surface area (Å²) >= 11 is 1.73. The number of benzene rings is 1. The zero-order chi connectivity index (χ0) is 11.1. The summed E-state index contributed by atoms with van der Waals surface area (Å²) < 4.78 is 10.6. The van der Waals surface area contributed by atoms with Crippen LogP contribution in [0.4, 0.5) is 0 Å². The molecule has 0 aliphatic rings. The van der Waals surface area contributed by atoms with E-state index in [0.29, 0.717) is 12.4 Å². The van der Waals surface area contributed by atoms with Gasteiger partial charge in [-0.1, -0.05) is 0 Å². The smallest absolute Gasteiger partial charge is 0.128 e. The van der Waals surface area contributed by atoms with Crippen molar-refractivity contribution in [2.45, 2.75) is 6.61 Å². The molecule has 0 bridgehead atoms. The molecule has 1 aromatic carbocycles. The fourth-order valence-electron chi connectivity index (χ4n) is 1.16. The summed E-state index contributed by atoms with van der Waals surface area (Å²) in [5.41, 5.74) is 0.789. The lowest BCUT2D eigenvalue weighted by atomic mass is 10.2. The molecular formula is C11H16O3S. The van der Waals surface area contributed by atoms with Gasteiger partial charge in [0.1, 0.15) is 11.5 Å². The van der Waals surface area contributed by atoms with Gasteiger partial charge in [-0.25, -0.2) is 0 Å². The molecule has 3 nitrogen and oxygen atoms in total. The van der Waals surface area contributed by atoms with E-state index in [1.807, 2.05) is 18.4 Å². The SMILES string of the molecule is COc1ccc(CO)c(OCCSC)c1. The normalized spacial score (nSPS) is 10.1. The van der Waals surface area contributed by atoms with Gasteiger partial charge in [-0.3, -0.25) is 0 Å². The summed E-state index contributed by atoms with van der Waals surface area (Å²) in [5.74, 6) is 2.37. The Morgan fingerprint density at radius 1 is 1.40 bits per heavy atom. The van der Waals surface area contributed by atoms with E-state index in [2.05, 4.69) is 0 Å². The van der Waals surface area contributed by atoms with Gasteiger partial charge in [0.05, 0.1) is 20.3 Å². The van der Waals surface area contributed by atoms with Gasteiger partial charge < -0.3 is 14.6 Å². The molecule has 0 aliphatic carbocycles. The molecule has 4 heteroatoms. The minimum Gasteiger partial charge on any atom is -0.497 e. The summed E-state index contributed by atoms with van der Waals surface area (Å²) in [4.78, 5) is 0. The molecule has 1 aromatic rings. The second kappa shape index (κ2) is 6.58. The maximum atomic E-state index is 9.11. The number of hydrogen-bond acceptors (Lipinski definition) is 4. The highest BCUT2D eigenvalue weighted by Gasteiger charge is 2.04. The predicted molar refractivity (Wildman–Crippen MR) is 62.8 cm³/mol. The fraction of sp³-hybridized carbons (Fsp3) is 0.455. The first-order chi connectivity index (χ1) is 7.31. The number of aliphatic hydroxyl groups is 1. The summed E-state index contributed by atoms with van der Waals surface area (Å²) in [6, 6.07) is 5.42. The lowest BCUT2D eigenvalue weighted by Gasteiger charge is -2.11. The Kier molecular flexibility index (Phi) is 5.36. The maximum absolute atomic E-state index is 9.11. The third-order valence-electron chi connectivity index (χ3n) is 1.99. The van der Waals surface area contributed by atoms with Crippen LogP contribution in [0.3, 0.4) is 0 Å². The molecule has 0 saturated carbocycles. The molecule has 0 heterocycles. The van der Waals surface area contributed by atoms with Crippen LogP contribution in [0.25, 0.3) is 0 Å². The van der Waals surface area contributed by atoms with Crippen LogP contribution < -0.4 is 9.47 Å². The van der Waals surface area contributed by atoms with Crippen molar-refractivity contribution < 1.29 is 14.6 Å². The zero-order valence-electron chi connectivity index (χ0n) is 9.03. The largest absolute Gasteiger partial charge is 0.497 e. The second-order valence-electron chi connectivity index (χ2n) is 2.97. The summed E-state index contributed by atoms with van der Waals surface area (Å²) in [5, 5.41) is 9.11. The highest BCUT2D eigenvalue weighted by atomic mass is 32.2. The van der Waals surface area contributed by atoms with E-state index in [1.54, 1.807) is 24.9 Å².